The number of carbonyl (C=O) groups is 3. The molecular formula is C21H21F3N2O4. The summed E-state index contributed by atoms with van der Waals surface area (Å²) in [5, 5.41) is 2.17. The standard InChI is InChI=1S/C21H21F3N2O4/c1-3-18(27)14-8-10-15(11-9-14)30-13-20(29)26(2)12-19(28)25-17-7-5-4-6-16(17)21(22,23)24/h4-11H,3,12-13H2,1-2H3,(H,25,28). The summed E-state index contributed by atoms with van der Waals surface area (Å²) in [4.78, 5) is 36.8. The topological polar surface area (TPSA) is 75.7 Å². The molecule has 2 aromatic carbocycles. The summed E-state index contributed by atoms with van der Waals surface area (Å²) in [6.45, 7) is 0.932. The Morgan fingerprint density at radius 2 is 1.67 bits per heavy atom. The van der Waals surface area contributed by atoms with Gasteiger partial charge in [0.25, 0.3) is 5.91 Å². The number of ketones is 1. The number of hydrogen-bond donors (Lipinski definition) is 1. The van der Waals surface area contributed by atoms with E-state index in [1.165, 1.54) is 19.2 Å². The Morgan fingerprint density at radius 1 is 1.03 bits per heavy atom. The quantitative estimate of drug-likeness (QED) is 0.657. The van der Waals surface area contributed by atoms with Gasteiger partial charge in [-0.05, 0) is 36.4 Å². The van der Waals surface area contributed by atoms with Gasteiger partial charge in [0.1, 0.15) is 5.75 Å². The number of benzene rings is 2. The third kappa shape index (κ3) is 6.33. The number of carbonyl (C=O) groups excluding carboxylic acids is 3. The molecule has 0 saturated heterocycles. The zero-order valence-electron chi connectivity index (χ0n) is 16.5. The maximum atomic E-state index is 13.0. The predicted octanol–water partition coefficient (Wildman–Crippen LogP) is 3.77. The smallest absolute Gasteiger partial charge is 0.418 e. The highest BCUT2D eigenvalue weighted by Gasteiger charge is 2.33. The van der Waals surface area contributed by atoms with Gasteiger partial charge >= 0.3 is 6.18 Å². The first-order valence-electron chi connectivity index (χ1n) is 9.08. The highest BCUT2D eigenvalue weighted by molar-refractivity contribution is 5.96. The lowest BCUT2D eigenvalue weighted by molar-refractivity contribution is -0.137. The maximum absolute atomic E-state index is 13.0. The number of nitrogens with one attached hydrogen (secondary N) is 1. The molecule has 0 aromatic heterocycles. The van der Waals surface area contributed by atoms with Gasteiger partial charge in [-0.2, -0.15) is 13.2 Å². The van der Waals surface area contributed by atoms with Gasteiger partial charge in [-0.3, -0.25) is 14.4 Å². The fourth-order valence-corrected chi connectivity index (χ4v) is 2.53. The molecule has 2 aromatic rings. The number of anilines is 1. The van der Waals surface area contributed by atoms with E-state index < -0.39 is 30.1 Å². The highest BCUT2D eigenvalue weighted by Crippen LogP contribution is 2.34. The van der Waals surface area contributed by atoms with Crippen LogP contribution in [0.25, 0.3) is 0 Å². The summed E-state index contributed by atoms with van der Waals surface area (Å²) < 4.78 is 44.3. The van der Waals surface area contributed by atoms with Crippen LogP contribution in [-0.4, -0.2) is 42.7 Å². The monoisotopic (exact) mass is 422 g/mol. The molecular weight excluding hydrogens is 401 g/mol. The van der Waals surface area contributed by atoms with E-state index >= 15 is 0 Å². The van der Waals surface area contributed by atoms with E-state index in [1.807, 2.05) is 0 Å². The minimum atomic E-state index is -4.61. The van der Waals surface area contributed by atoms with Gasteiger partial charge in [0.05, 0.1) is 17.8 Å². The number of alkyl halides is 3. The van der Waals surface area contributed by atoms with Crippen molar-refractivity contribution in [2.45, 2.75) is 19.5 Å². The molecule has 30 heavy (non-hydrogen) atoms. The second kappa shape index (κ2) is 9.91. The van der Waals surface area contributed by atoms with Gasteiger partial charge in [-0.1, -0.05) is 19.1 Å². The molecule has 1 N–H and O–H groups in total. The number of amides is 2. The van der Waals surface area contributed by atoms with Crippen molar-refractivity contribution in [1.82, 2.24) is 4.90 Å². The molecule has 0 fully saturated rings. The van der Waals surface area contributed by atoms with Crippen molar-refractivity contribution in [2.75, 3.05) is 25.5 Å². The lowest BCUT2D eigenvalue weighted by atomic mass is 10.1. The lowest BCUT2D eigenvalue weighted by Crippen LogP contribution is -2.37. The molecule has 2 amide bonds. The molecule has 0 spiro atoms. The second-order valence-corrected chi connectivity index (χ2v) is 6.43. The van der Waals surface area contributed by atoms with Crippen LogP contribution in [0.5, 0.6) is 5.75 Å². The van der Waals surface area contributed by atoms with Crippen molar-refractivity contribution in [3.8, 4) is 5.75 Å². The Balaban J connectivity index is 1.88. The lowest BCUT2D eigenvalue weighted by Gasteiger charge is -2.18. The van der Waals surface area contributed by atoms with Crippen LogP contribution in [-0.2, 0) is 15.8 Å². The van der Waals surface area contributed by atoms with Crippen LogP contribution in [0.2, 0.25) is 0 Å². The molecule has 0 aliphatic rings. The average molecular weight is 422 g/mol. The Hall–Kier alpha value is -3.36. The van der Waals surface area contributed by atoms with Crippen molar-refractivity contribution in [3.05, 3.63) is 59.7 Å². The first-order valence-corrected chi connectivity index (χ1v) is 9.08. The number of nitrogens with zero attached hydrogens (tertiary/aromatic N) is 1. The zero-order valence-corrected chi connectivity index (χ0v) is 16.5. The summed E-state index contributed by atoms with van der Waals surface area (Å²) in [6, 6.07) is 10.9. The first-order chi connectivity index (χ1) is 14.1. The molecule has 6 nitrogen and oxygen atoms in total. The SMILES string of the molecule is CCC(=O)c1ccc(OCC(=O)N(C)CC(=O)Nc2ccccc2C(F)(F)F)cc1. The zero-order chi connectivity index (χ0) is 22.3. The van der Waals surface area contributed by atoms with E-state index in [2.05, 4.69) is 5.32 Å². The van der Waals surface area contributed by atoms with Crippen LogP contribution in [0.4, 0.5) is 18.9 Å². The molecule has 0 aliphatic heterocycles. The molecule has 0 heterocycles. The fraction of sp³-hybridized carbons (Fsp3) is 0.286. The van der Waals surface area contributed by atoms with Crippen LogP contribution >= 0.6 is 0 Å². The molecule has 0 aliphatic carbocycles. The van der Waals surface area contributed by atoms with E-state index in [0.29, 0.717) is 17.7 Å². The Labute approximate surface area is 171 Å². The van der Waals surface area contributed by atoms with Crippen LogP contribution in [0.1, 0.15) is 29.3 Å². The van der Waals surface area contributed by atoms with Crippen LogP contribution in [0.3, 0.4) is 0 Å². The van der Waals surface area contributed by atoms with Crippen molar-refractivity contribution in [1.29, 1.82) is 0 Å². The number of halogens is 3. The summed E-state index contributed by atoms with van der Waals surface area (Å²) in [5.41, 5.74) is -0.821. The number of hydrogen-bond acceptors (Lipinski definition) is 4. The van der Waals surface area contributed by atoms with Crippen molar-refractivity contribution in [3.63, 3.8) is 0 Å². The highest BCUT2D eigenvalue weighted by atomic mass is 19.4. The molecule has 0 atom stereocenters. The van der Waals surface area contributed by atoms with Crippen molar-refractivity contribution in [2.24, 2.45) is 0 Å². The molecule has 0 saturated carbocycles. The van der Waals surface area contributed by atoms with E-state index in [1.54, 1.807) is 31.2 Å². The number of rotatable bonds is 8. The summed E-state index contributed by atoms with van der Waals surface area (Å²) >= 11 is 0. The third-order valence-corrected chi connectivity index (χ3v) is 4.17. The second-order valence-electron chi connectivity index (χ2n) is 6.43. The van der Waals surface area contributed by atoms with Gasteiger partial charge < -0.3 is 15.0 Å². The average Bonchev–Trinajstić information content (AvgIpc) is 2.71. The number of likely N-dealkylation sites (N-methyl/N-ethyl adjacent to an activating group) is 1. The first kappa shape index (κ1) is 22.9. The van der Waals surface area contributed by atoms with E-state index in [-0.39, 0.29) is 18.1 Å². The normalized spacial score (nSPS) is 11.0. The summed E-state index contributed by atoms with van der Waals surface area (Å²) in [7, 11) is 1.34. The minimum Gasteiger partial charge on any atom is -0.484 e. The maximum Gasteiger partial charge on any atom is 0.418 e. The van der Waals surface area contributed by atoms with Gasteiger partial charge in [0.15, 0.2) is 12.4 Å². The van der Waals surface area contributed by atoms with Crippen molar-refractivity contribution < 1.29 is 32.3 Å². The molecule has 0 unspecified atom stereocenters. The Morgan fingerprint density at radius 3 is 2.27 bits per heavy atom. The number of ether oxygens (including phenoxy) is 1. The summed E-state index contributed by atoms with van der Waals surface area (Å²) in [5.74, 6) is -0.962. The van der Waals surface area contributed by atoms with Crippen LogP contribution < -0.4 is 10.1 Å². The molecule has 0 bridgehead atoms. The third-order valence-electron chi connectivity index (χ3n) is 4.17. The number of para-hydroxylation sites is 1. The number of Topliss-reactive ketones (excluding diaryl/α,β-unsaturated/α-hetero) is 1. The Bertz CT molecular complexity index is 911. The molecule has 0 radical (unpaired) electrons. The minimum absolute atomic E-state index is 0.0181. The summed E-state index contributed by atoms with van der Waals surface area (Å²) in [6.07, 6.45) is -4.24. The van der Waals surface area contributed by atoms with E-state index in [9.17, 15) is 27.6 Å². The van der Waals surface area contributed by atoms with E-state index in [4.69, 9.17) is 4.74 Å². The van der Waals surface area contributed by atoms with Gasteiger partial charge in [0.2, 0.25) is 5.91 Å². The van der Waals surface area contributed by atoms with E-state index in [0.717, 1.165) is 17.0 Å². The Kier molecular flexibility index (Phi) is 7.57. The largest absolute Gasteiger partial charge is 0.484 e. The van der Waals surface area contributed by atoms with Gasteiger partial charge in [0, 0.05) is 19.0 Å². The van der Waals surface area contributed by atoms with Crippen LogP contribution in [0, 0.1) is 0 Å². The van der Waals surface area contributed by atoms with Crippen molar-refractivity contribution >= 4 is 23.3 Å². The molecule has 9 heteroatoms. The molecule has 160 valence electrons. The predicted molar refractivity (Wildman–Crippen MR) is 104 cm³/mol. The van der Waals surface area contributed by atoms with Gasteiger partial charge in [-0.25, -0.2) is 0 Å². The van der Waals surface area contributed by atoms with Crippen LogP contribution in [0.15, 0.2) is 48.5 Å². The molecule has 2 rings (SSSR count). The van der Waals surface area contributed by atoms with Gasteiger partial charge in [-0.15, -0.1) is 0 Å². The fourth-order valence-electron chi connectivity index (χ4n) is 2.53.